The molecular formula is C40H39N3O7. The summed E-state index contributed by atoms with van der Waals surface area (Å²) in [7, 11) is 0. The molecule has 0 bridgehead atoms. The number of carbonyl (C=O) groups is 3. The van der Waals surface area contributed by atoms with Gasteiger partial charge in [-0.05, 0) is 92.9 Å². The predicted octanol–water partition coefficient (Wildman–Crippen LogP) is 7.61. The highest BCUT2D eigenvalue weighted by Gasteiger charge is 2.18. The molecule has 5 aromatic rings. The first-order valence-electron chi connectivity index (χ1n) is 16.3. The first-order chi connectivity index (χ1) is 24.0. The van der Waals surface area contributed by atoms with E-state index in [9.17, 15) is 19.6 Å². The number of nitrogens with zero attached hydrogens (tertiary/aromatic N) is 1. The van der Waals surface area contributed by atoms with Crippen LogP contribution in [-0.2, 0) is 40.4 Å². The van der Waals surface area contributed by atoms with Gasteiger partial charge in [0, 0.05) is 28.6 Å². The second kappa shape index (κ2) is 15.9. The maximum absolute atomic E-state index is 12.9. The van der Waals surface area contributed by atoms with Gasteiger partial charge in [0.1, 0.15) is 29.3 Å². The number of benzene rings is 4. The van der Waals surface area contributed by atoms with Crippen molar-refractivity contribution >= 4 is 28.9 Å². The number of hydrogen-bond donors (Lipinski definition) is 2. The van der Waals surface area contributed by atoms with E-state index in [-0.39, 0.29) is 38.0 Å². The second-order valence-electron chi connectivity index (χ2n) is 12.6. The minimum atomic E-state index is -0.615. The van der Waals surface area contributed by atoms with Crippen molar-refractivity contribution in [3.8, 4) is 22.9 Å². The Morgan fingerprint density at radius 2 is 1.66 bits per heavy atom. The average molecular weight is 674 g/mol. The minimum absolute atomic E-state index is 0.0933. The van der Waals surface area contributed by atoms with Gasteiger partial charge in [-0.25, -0.2) is 4.79 Å². The van der Waals surface area contributed by atoms with Gasteiger partial charge < -0.3 is 29.3 Å². The van der Waals surface area contributed by atoms with E-state index < -0.39 is 11.7 Å². The number of para-hydroxylation sites is 1. The molecule has 0 fully saturated rings. The molecule has 0 aliphatic heterocycles. The highest BCUT2D eigenvalue weighted by Crippen LogP contribution is 2.34. The number of ether oxygens (including phenoxy) is 3. The van der Waals surface area contributed by atoms with Crippen molar-refractivity contribution in [2.45, 2.75) is 59.4 Å². The molecule has 0 unspecified atom stereocenters. The van der Waals surface area contributed by atoms with Crippen molar-refractivity contribution in [1.82, 2.24) is 10.6 Å². The molecule has 1 heterocycles. The molecule has 0 spiro atoms. The molecule has 0 aliphatic rings. The maximum Gasteiger partial charge on any atom is 0.407 e. The van der Waals surface area contributed by atoms with Crippen molar-refractivity contribution < 1.29 is 33.0 Å². The monoisotopic (exact) mass is 673 g/mol. The molecule has 50 heavy (non-hydrogen) atoms. The number of esters is 1. The molecule has 10 nitrogen and oxygen atoms in total. The van der Waals surface area contributed by atoms with Gasteiger partial charge in [0.05, 0.1) is 31.2 Å². The van der Waals surface area contributed by atoms with Crippen LogP contribution in [0.1, 0.15) is 66.1 Å². The van der Waals surface area contributed by atoms with Gasteiger partial charge in [0.15, 0.2) is 0 Å². The number of amides is 2. The Morgan fingerprint density at radius 1 is 0.860 bits per heavy atom. The molecule has 0 saturated carbocycles. The Kier molecular flexibility index (Phi) is 11.2. The third kappa shape index (κ3) is 9.51. The van der Waals surface area contributed by atoms with Crippen LogP contribution in [0, 0.1) is 11.3 Å². The van der Waals surface area contributed by atoms with Crippen molar-refractivity contribution in [2.75, 3.05) is 6.61 Å². The van der Waals surface area contributed by atoms with Gasteiger partial charge in [-0.2, -0.15) is 5.26 Å². The van der Waals surface area contributed by atoms with Crippen LogP contribution in [0.15, 0.2) is 95.4 Å². The normalized spacial score (nSPS) is 11.0. The van der Waals surface area contributed by atoms with Gasteiger partial charge in [-0.15, -0.1) is 0 Å². The zero-order chi connectivity index (χ0) is 35.7. The summed E-state index contributed by atoms with van der Waals surface area (Å²) in [6, 6.07) is 29.5. The molecule has 0 aliphatic carbocycles. The fourth-order valence-corrected chi connectivity index (χ4v) is 5.31. The van der Waals surface area contributed by atoms with Gasteiger partial charge in [0.2, 0.25) is 0 Å². The Labute approximate surface area is 291 Å². The summed E-state index contributed by atoms with van der Waals surface area (Å²) in [5.41, 5.74) is 4.84. The van der Waals surface area contributed by atoms with Crippen molar-refractivity contribution in [1.29, 1.82) is 5.26 Å². The summed E-state index contributed by atoms with van der Waals surface area (Å²) in [5, 5.41) is 15.7. The number of furan rings is 1. The number of nitriles is 1. The lowest BCUT2D eigenvalue weighted by atomic mass is 9.99. The van der Waals surface area contributed by atoms with Crippen LogP contribution in [0.2, 0.25) is 0 Å². The Hall–Kier alpha value is -6.08. The fourth-order valence-electron chi connectivity index (χ4n) is 5.31. The van der Waals surface area contributed by atoms with Crippen LogP contribution in [0.5, 0.6) is 5.75 Å². The van der Waals surface area contributed by atoms with Gasteiger partial charge in [-0.3, -0.25) is 9.59 Å². The number of nitrogens with one attached hydrogen (secondary N) is 2. The zero-order valence-electron chi connectivity index (χ0n) is 28.5. The lowest BCUT2D eigenvalue weighted by Crippen LogP contribution is -2.32. The smallest absolute Gasteiger partial charge is 0.407 e. The van der Waals surface area contributed by atoms with E-state index in [1.54, 1.807) is 25.1 Å². The van der Waals surface area contributed by atoms with Crippen molar-refractivity contribution in [2.24, 2.45) is 0 Å². The summed E-state index contributed by atoms with van der Waals surface area (Å²) in [5.74, 6) is 0.452. The summed E-state index contributed by atoms with van der Waals surface area (Å²) in [6.07, 6.45) is -0.416. The number of carbonyl (C=O) groups excluding carboxylic acids is 3. The van der Waals surface area contributed by atoms with E-state index in [4.69, 9.17) is 18.6 Å². The molecule has 5 rings (SSSR count). The molecule has 0 atom stereocenters. The lowest BCUT2D eigenvalue weighted by Gasteiger charge is -2.19. The zero-order valence-corrected chi connectivity index (χ0v) is 28.5. The van der Waals surface area contributed by atoms with E-state index in [0.717, 1.165) is 33.2 Å². The number of hydrogen-bond acceptors (Lipinski definition) is 8. The molecule has 4 aromatic carbocycles. The molecule has 2 N–H and O–H groups in total. The van der Waals surface area contributed by atoms with Crippen LogP contribution in [0.3, 0.4) is 0 Å². The summed E-state index contributed by atoms with van der Waals surface area (Å²) in [4.78, 5) is 37.4. The second-order valence-corrected chi connectivity index (χ2v) is 12.6. The SMILES string of the molecule is CCOC(=O)Cc1ccccc1OCc1cc(-c2cccc(CNC(=O)OC(C)(C)C)c2)c2oc(CNC(=O)c3cccc(C#N)c3)cc2c1. The lowest BCUT2D eigenvalue weighted by molar-refractivity contribution is -0.142. The summed E-state index contributed by atoms with van der Waals surface area (Å²) in [6.45, 7) is 8.08. The molecule has 0 saturated heterocycles. The highest BCUT2D eigenvalue weighted by atomic mass is 16.6. The Morgan fingerprint density at radius 3 is 2.44 bits per heavy atom. The van der Waals surface area contributed by atoms with Crippen LogP contribution in [0.25, 0.3) is 22.1 Å². The quantitative estimate of drug-likeness (QED) is 0.129. The van der Waals surface area contributed by atoms with Gasteiger partial charge >= 0.3 is 12.1 Å². The fraction of sp³-hybridized carbons (Fsp3) is 0.250. The van der Waals surface area contributed by atoms with Crippen molar-refractivity contribution in [3.63, 3.8) is 0 Å². The Balaban J connectivity index is 1.43. The van der Waals surface area contributed by atoms with E-state index in [2.05, 4.69) is 10.6 Å². The van der Waals surface area contributed by atoms with Crippen LogP contribution < -0.4 is 15.4 Å². The maximum atomic E-state index is 12.9. The van der Waals surface area contributed by atoms with Gasteiger partial charge in [-0.1, -0.05) is 42.5 Å². The molecule has 2 amide bonds. The first kappa shape index (κ1) is 35.2. The van der Waals surface area contributed by atoms with E-state index in [1.165, 1.54) is 6.07 Å². The first-order valence-corrected chi connectivity index (χ1v) is 16.3. The molecular weight excluding hydrogens is 634 g/mol. The van der Waals surface area contributed by atoms with E-state index >= 15 is 0 Å². The molecule has 256 valence electrons. The molecule has 1 aromatic heterocycles. The van der Waals surface area contributed by atoms with Crippen molar-refractivity contribution in [3.05, 3.63) is 125 Å². The van der Waals surface area contributed by atoms with E-state index in [1.807, 2.05) is 93.6 Å². The van der Waals surface area contributed by atoms with Gasteiger partial charge in [0.25, 0.3) is 5.91 Å². The van der Waals surface area contributed by atoms with E-state index in [0.29, 0.717) is 34.8 Å². The number of rotatable bonds is 12. The standard InChI is InChI=1S/C40H39N3O7/c1-5-47-36(44)21-30-12-6-7-15-35(30)48-25-28-18-32-20-33(24-42-38(45)31-14-8-10-26(16-31)22-41)49-37(32)34(19-28)29-13-9-11-27(17-29)23-43-39(46)50-40(2,3)4/h6-20H,5,21,23-25H2,1-4H3,(H,42,45)(H,43,46). The summed E-state index contributed by atoms with van der Waals surface area (Å²) < 4.78 is 23.1. The third-order valence-corrected chi connectivity index (χ3v) is 7.48. The summed E-state index contributed by atoms with van der Waals surface area (Å²) >= 11 is 0. The number of fused-ring (bicyclic) bond motifs is 1. The predicted molar refractivity (Wildman–Crippen MR) is 188 cm³/mol. The van der Waals surface area contributed by atoms with Crippen LogP contribution >= 0.6 is 0 Å². The van der Waals surface area contributed by atoms with Crippen LogP contribution in [-0.4, -0.2) is 30.2 Å². The van der Waals surface area contributed by atoms with Crippen LogP contribution in [0.4, 0.5) is 4.79 Å². The topological polar surface area (TPSA) is 140 Å². The average Bonchev–Trinajstić information content (AvgIpc) is 3.51. The minimum Gasteiger partial charge on any atom is -0.489 e. The Bertz CT molecular complexity index is 2050. The molecule has 10 heteroatoms. The third-order valence-electron chi connectivity index (χ3n) is 7.48. The number of alkyl carbamates (subject to hydrolysis) is 1. The molecule has 0 radical (unpaired) electrons. The highest BCUT2D eigenvalue weighted by molar-refractivity contribution is 5.95. The largest absolute Gasteiger partial charge is 0.489 e.